The summed E-state index contributed by atoms with van der Waals surface area (Å²) in [6, 6.07) is 0. The van der Waals surface area contributed by atoms with Crippen molar-refractivity contribution in [3.05, 3.63) is 36.5 Å². The molecule has 0 bridgehead atoms. The van der Waals surface area contributed by atoms with Gasteiger partial charge in [0.05, 0.1) is 34.4 Å². The fourth-order valence-corrected chi connectivity index (χ4v) is 7.56. The number of phosphoric ester groups is 1. The van der Waals surface area contributed by atoms with Crippen LogP contribution >= 0.6 is 7.82 Å². The van der Waals surface area contributed by atoms with E-state index in [0.29, 0.717) is 24.1 Å². The predicted octanol–water partition coefficient (Wildman–Crippen LogP) is 14.9. The van der Waals surface area contributed by atoms with Crippen molar-refractivity contribution in [2.75, 3.05) is 54.1 Å². The summed E-state index contributed by atoms with van der Waals surface area (Å²) in [5, 5.41) is 0. The minimum absolute atomic E-state index is 0.0865. The van der Waals surface area contributed by atoms with Gasteiger partial charge in [-0.15, -0.1) is 0 Å². The number of rotatable bonds is 46. The number of hydrogen-bond acceptors (Lipinski definition) is 6. The first-order valence-corrected chi connectivity index (χ1v) is 26.2. The van der Waals surface area contributed by atoms with Crippen molar-refractivity contribution in [3.8, 4) is 0 Å². The minimum Gasteiger partial charge on any atom is -0.457 e. The highest BCUT2D eigenvalue weighted by molar-refractivity contribution is 7.47. The van der Waals surface area contributed by atoms with Gasteiger partial charge in [0.15, 0.2) is 0 Å². The number of likely N-dealkylation sites (N-methyl/N-ethyl adjacent to an activating group) is 1. The molecule has 348 valence electrons. The van der Waals surface area contributed by atoms with Crippen molar-refractivity contribution in [1.82, 2.24) is 0 Å². The average molecular weight is 855 g/mol. The highest BCUT2D eigenvalue weighted by Crippen LogP contribution is 2.43. The average Bonchev–Trinajstić information content (AvgIpc) is 3.19. The molecule has 0 aromatic carbocycles. The Morgan fingerprint density at radius 2 is 0.932 bits per heavy atom. The van der Waals surface area contributed by atoms with E-state index < -0.39 is 13.9 Å². The number of carbonyl (C=O) groups is 1. The van der Waals surface area contributed by atoms with Crippen LogP contribution in [-0.2, 0) is 27.9 Å². The number of unbranched alkanes of at least 4 members (excludes halogenated alkanes) is 26. The number of phosphoric acid groups is 1. The molecule has 8 nitrogen and oxygen atoms in total. The fraction of sp³-hybridized carbons (Fsp3) is 0.860. The maximum Gasteiger partial charge on any atom is 0.472 e. The minimum atomic E-state index is -4.28. The second-order valence-electron chi connectivity index (χ2n) is 17.8. The molecule has 0 fully saturated rings. The molecule has 0 aromatic rings. The quantitative estimate of drug-likeness (QED) is 0.0214. The third kappa shape index (κ3) is 47.6. The number of nitrogens with zero attached hydrogens (tertiary/aromatic N) is 1. The summed E-state index contributed by atoms with van der Waals surface area (Å²) in [6.07, 6.45) is 51.8. The standard InChI is InChI=1S/C50H96NO7P/c1-6-8-10-12-14-16-18-20-22-24-26-28-30-32-34-36-38-40-42-45-55-47-49(48-57-59(53,54)56-46-44-51(3,4)5)58-50(52)43-41-39-37-35-33-31-29-27-25-23-21-19-17-15-13-11-9-7-2/h17,19,22-25,49H,6-16,18,20-21,26-48H2,1-5H3/p+1/b19-17-,24-22-,25-23-. The Kier molecular flexibility index (Phi) is 42.4. The van der Waals surface area contributed by atoms with E-state index in [9.17, 15) is 14.3 Å². The van der Waals surface area contributed by atoms with E-state index in [1.54, 1.807) is 0 Å². The molecule has 1 N–H and O–H groups in total. The van der Waals surface area contributed by atoms with E-state index in [0.717, 1.165) is 44.9 Å². The molecule has 0 saturated heterocycles. The number of esters is 1. The van der Waals surface area contributed by atoms with Gasteiger partial charge in [0.2, 0.25) is 0 Å². The highest BCUT2D eigenvalue weighted by Gasteiger charge is 2.26. The Morgan fingerprint density at radius 3 is 1.41 bits per heavy atom. The smallest absolute Gasteiger partial charge is 0.457 e. The molecule has 0 aliphatic rings. The zero-order valence-electron chi connectivity index (χ0n) is 39.5. The lowest BCUT2D eigenvalue weighted by molar-refractivity contribution is -0.870. The Bertz CT molecular complexity index is 1040. The zero-order chi connectivity index (χ0) is 43.4. The summed E-state index contributed by atoms with van der Waals surface area (Å²) in [5.74, 6) is -0.321. The Hall–Kier alpha value is -1.28. The van der Waals surface area contributed by atoms with Gasteiger partial charge in [-0.2, -0.15) is 0 Å². The molecular formula is C50H97NO7P+. The molecule has 0 rings (SSSR count). The predicted molar refractivity (Wildman–Crippen MR) is 252 cm³/mol. The lowest BCUT2D eigenvalue weighted by Crippen LogP contribution is -2.37. The third-order valence-corrected chi connectivity index (χ3v) is 11.7. The molecule has 0 radical (unpaired) electrons. The van der Waals surface area contributed by atoms with Crippen molar-refractivity contribution in [2.24, 2.45) is 0 Å². The highest BCUT2D eigenvalue weighted by atomic mass is 31.2. The number of ether oxygens (including phenoxy) is 2. The van der Waals surface area contributed by atoms with Crippen molar-refractivity contribution in [1.29, 1.82) is 0 Å². The lowest BCUT2D eigenvalue weighted by atomic mass is 10.1. The Morgan fingerprint density at radius 1 is 0.525 bits per heavy atom. The summed E-state index contributed by atoms with van der Waals surface area (Å²) >= 11 is 0. The zero-order valence-corrected chi connectivity index (χ0v) is 40.4. The Balaban J connectivity index is 4.18. The van der Waals surface area contributed by atoms with Crippen LogP contribution < -0.4 is 0 Å². The molecule has 0 aliphatic carbocycles. The van der Waals surface area contributed by atoms with Crippen LogP contribution in [-0.4, -0.2) is 75.6 Å². The van der Waals surface area contributed by atoms with E-state index in [1.165, 1.54) is 154 Å². The normalized spacial score (nSPS) is 13.9. The molecule has 2 atom stereocenters. The molecule has 0 aliphatic heterocycles. The van der Waals surface area contributed by atoms with Gasteiger partial charge in [-0.3, -0.25) is 13.8 Å². The van der Waals surface area contributed by atoms with Crippen LogP contribution in [0.2, 0.25) is 0 Å². The summed E-state index contributed by atoms with van der Waals surface area (Å²) in [7, 11) is 1.66. The maximum atomic E-state index is 12.7. The monoisotopic (exact) mass is 855 g/mol. The molecular weight excluding hydrogens is 758 g/mol. The second kappa shape index (κ2) is 43.4. The molecule has 0 spiro atoms. The van der Waals surface area contributed by atoms with Crippen molar-refractivity contribution >= 4 is 13.8 Å². The van der Waals surface area contributed by atoms with E-state index in [2.05, 4.69) is 50.3 Å². The van der Waals surface area contributed by atoms with E-state index in [-0.39, 0.29) is 25.8 Å². The van der Waals surface area contributed by atoms with E-state index in [1.807, 2.05) is 21.1 Å². The lowest BCUT2D eigenvalue weighted by Gasteiger charge is -2.24. The van der Waals surface area contributed by atoms with Crippen LogP contribution in [0, 0.1) is 0 Å². The SMILES string of the molecule is CCCCCC/C=C\C/C=C\CCCCCCCCCC(=O)OC(COCCCCCCCCCC/C=C\CCCCCCCCC)COP(=O)(O)OCC[N+](C)(C)C. The van der Waals surface area contributed by atoms with Crippen molar-refractivity contribution < 1.29 is 37.3 Å². The van der Waals surface area contributed by atoms with Gasteiger partial charge in [0.25, 0.3) is 0 Å². The van der Waals surface area contributed by atoms with Crippen molar-refractivity contribution in [2.45, 2.75) is 225 Å². The van der Waals surface area contributed by atoms with Crippen LogP contribution in [0.5, 0.6) is 0 Å². The Labute approximate surface area is 365 Å². The third-order valence-electron chi connectivity index (χ3n) is 10.7. The molecule has 2 unspecified atom stereocenters. The molecule has 0 heterocycles. The van der Waals surface area contributed by atoms with E-state index >= 15 is 0 Å². The summed E-state index contributed by atoms with van der Waals surface area (Å²) in [4.78, 5) is 23.0. The number of quaternary nitrogens is 1. The maximum absolute atomic E-state index is 12.7. The summed E-state index contributed by atoms with van der Waals surface area (Å²) in [5.41, 5.74) is 0. The molecule has 9 heteroatoms. The first-order chi connectivity index (χ1) is 28.6. The van der Waals surface area contributed by atoms with Gasteiger partial charge >= 0.3 is 13.8 Å². The summed E-state index contributed by atoms with van der Waals surface area (Å²) < 4.78 is 35.1. The van der Waals surface area contributed by atoms with Gasteiger partial charge < -0.3 is 18.9 Å². The molecule has 0 amide bonds. The molecule has 0 saturated carbocycles. The number of hydrogen-bond donors (Lipinski definition) is 1. The van der Waals surface area contributed by atoms with Gasteiger partial charge in [-0.25, -0.2) is 4.57 Å². The molecule has 0 aromatic heterocycles. The topological polar surface area (TPSA) is 91.3 Å². The second-order valence-corrected chi connectivity index (χ2v) is 19.3. The van der Waals surface area contributed by atoms with Gasteiger partial charge in [-0.1, -0.05) is 179 Å². The molecule has 59 heavy (non-hydrogen) atoms. The van der Waals surface area contributed by atoms with Crippen LogP contribution in [0.1, 0.15) is 219 Å². The fourth-order valence-electron chi connectivity index (χ4n) is 6.81. The van der Waals surface area contributed by atoms with Crippen LogP contribution in [0.4, 0.5) is 0 Å². The largest absolute Gasteiger partial charge is 0.472 e. The first-order valence-electron chi connectivity index (χ1n) is 24.7. The number of allylic oxidation sites excluding steroid dienone is 6. The summed E-state index contributed by atoms with van der Waals surface area (Å²) in [6.45, 7) is 5.61. The van der Waals surface area contributed by atoms with Gasteiger partial charge in [0, 0.05) is 13.0 Å². The van der Waals surface area contributed by atoms with E-state index in [4.69, 9.17) is 18.5 Å². The van der Waals surface area contributed by atoms with Crippen LogP contribution in [0.15, 0.2) is 36.5 Å². The van der Waals surface area contributed by atoms with Crippen LogP contribution in [0.25, 0.3) is 0 Å². The van der Waals surface area contributed by atoms with Crippen LogP contribution in [0.3, 0.4) is 0 Å². The number of carbonyl (C=O) groups excluding carboxylic acids is 1. The van der Waals surface area contributed by atoms with Gasteiger partial charge in [0.1, 0.15) is 19.3 Å². The van der Waals surface area contributed by atoms with Crippen molar-refractivity contribution in [3.63, 3.8) is 0 Å². The first kappa shape index (κ1) is 57.7. The van der Waals surface area contributed by atoms with Gasteiger partial charge in [-0.05, 0) is 70.6 Å².